The summed E-state index contributed by atoms with van der Waals surface area (Å²) in [5.41, 5.74) is 2.53. The number of hydrogen-bond donors (Lipinski definition) is 2. The van der Waals surface area contributed by atoms with Gasteiger partial charge in [-0.3, -0.25) is 14.9 Å². The number of rotatable bonds is 5. The normalized spacial score (nSPS) is 14.4. The molecular formula is C23H18N4O4S. The summed E-state index contributed by atoms with van der Waals surface area (Å²) in [6, 6.07) is 19.8. The molecule has 2 heterocycles. The smallest absolute Gasteiger partial charge is 0.258 e. The van der Waals surface area contributed by atoms with Crippen molar-refractivity contribution in [1.82, 2.24) is 19.6 Å². The summed E-state index contributed by atoms with van der Waals surface area (Å²) >= 11 is 0. The van der Waals surface area contributed by atoms with Gasteiger partial charge in [0.2, 0.25) is 10.0 Å². The number of para-hydroxylation sites is 2. The summed E-state index contributed by atoms with van der Waals surface area (Å²) in [4.78, 5) is 28.4. The fraction of sp³-hybridized carbons (Fsp3) is 0.0870. The Morgan fingerprint density at radius 3 is 2.34 bits per heavy atom. The number of carbonyl (C=O) groups is 2. The predicted octanol–water partition coefficient (Wildman–Crippen LogP) is 2.52. The number of sulfonamides is 1. The zero-order valence-corrected chi connectivity index (χ0v) is 17.8. The number of imide groups is 1. The highest BCUT2D eigenvalue weighted by atomic mass is 32.2. The van der Waals surface area contributed by atoms with Crippen molar-refractivity contribution in [2.24, 2.45) is 7.05 Å². The Morgan fingerprint density at radius 2 is 1.59 bits per heavy atom. The van der Waals surface area contributed by atoms with Gasteiger partial charge in [-0.2, -0.15) is 4.72 Å². The molecule has 0 fully saturated rings. The maximum Gasteiger partial charge on any atom is 0.258 e. The van der Waals surface area contributed by atoms with Crippen LogP contribution in [0.5, 0.6) is 0 Å². The van der Waals surface area contributed by atoms with E-state index in [-0.39, 0.29) is 16.0 Å². The molecule has 0 bridgehead atoms. The molecule has 1 atom stereocenters. The number of fused-ring (bicyclic) bond motifs is 2. The molecular weight excluding hydrogens is 428 g/mol. The number of nitrogens with zero attached hydrogens (tertiary/aromatic N) is 2. The SMILES string of the molecule is Cn1c(C(NS(=O)(=O)c2ccc3c(c2)C(=O)NC3=O)c2ccccc2)nc2ccccc21. The van der Waals surface area contributed by atoms with Crippen LogP contribution in [0.1, 0.15) is 38.1 Å². The summed E-state index contributed by atoms with van der Waals surface area (Å²) in [7, 11) is -2.23. The van der Waals surface area contributed by atoms with Crippen molar-refractivity contribution >= 4 is 32.9 Å². The molecule has 32 heavy (non-hydrogen) atoms. The molecule has 1 aliphatic rings. The van der Waals surface area contributed by atoms with E-state index in [1.807, 2.05) is 66.2 Å². The Labute approximate surface area is 184 Å². The van der Waals surface area contributed by atoms with Gasteiger partial charge in [-0.05, 0) is 35.9 Å². The average Bonchev–Trinajstić information content (AvgIpc) is 3.28. The second kappa shape index (κ2) is 7.40. The number of aromatic nitrogens is 2. The van der Waals surface area contributed by atoms with E-state index in [2.05, 4.69) is 15.0 Å². The minimum Gasteiger partial charge on any atom is -0.329 e. The van der Waals surface area contributed by atoms with Gasteiger partial charge in [0.15, 0.2) is 0 Å². The van der Waals surface area contributed by atoms with Gasteiger partial charge in [0.05, 0.1) is 27.1 Å². The highest BCUT2D eigenvalue weighted by Gasteiger charge is 2.31. The molecule has 8 nitrogen and oxygen atoms in total. The van der Waals surface area contributed by atoms with Crippen LogP contribution < -0.4 is 10.0 Å². The molecule has 3 aromatic carbocycles. The summed E-state index contributed by atoms with van der Waals surface area (Å²) < 4.78 is 31.3. The Kier molecular flexibility index (Phi) is 4.65. The Morgan fingerprint density at radius 1 is 0.906 bits per heavy atom. The molecule has 2 N–H and O–H groups in total. The molecule has 9 heteroatoms. The van der Waals surface area contributed by atoms with Crippen molar-refractivity contribution in [2.45, 2.75) is 10.9 Å². The van der Waals surface area contributed by atoms with E-state index < -0.39 is 27.9 Å². The van der Waals surface area contributed by atoms with Crippen LogP contribution in [-0.2, 0) is 17.1 Å². The van der Waals surface area contributed by atoms with Crippen LogP contribution in [0.4, 0.5) is 0 Å². The van der Waals surface area contributed by atoms with Crippen molar-refractivity contribution in [2.75, 3.05) is 0 Å². The molecule has 1 aromatic heterocycles. The molecule has 0 aliphatic carbocycles. The largest absolute Gasteiger partial charge is 0.329 e. The average molecular weight is 446 g/mol. The molecule has 0 spiro atoms. The van der Waals surface area contributed by atoms with E-state index in [0.29, 0.717) is 11.4 Å². The Hall–Kier alpha value is -3.82. The summed E-state index contributed by atoms with van der Waals surface area (Å²) in [5.74, 6) is -0.629. The van der Waals surface area contributed by atoms with Crippen molar-refractivity contribution < 1.29 is 18.0 Å². The van der Waals surface area contributed by atoms with Crippen LogP contribution in [-0.4, -0.2) is 29.8 Å². The van der Waals surface area contributed by atoms with Crippen LogP contribution in [0, 0.1) is 0 Å². The third kappa shape index (κ3) is 3.28. The third-order valence-electron chi connectivity index (χ3n) is 5.50. The van der Waals surface area contributed by atoms with Gasteiger partial charge in [0.1, 0.15) is 11.9 Å². The molecule has 0 radical (unpaired) electrons. The second-order valence-corrected chi connectivity index (χ2v) is 9.19. The van der Waals surface area contributed by atoms with Crippen LogP contribution in [0.25, 0.3) is 11.0 Å². The van der Waals surface area contributed by atoms with E-state index >= 15 is 0 Å². The molecule has 1 unspecified atom stereocenters. The third-order valence-corrected chi connectivity index (χ3v) is 6.92. The first kappa shape index (κ1) is 20.1. The van der Waals surface area contributed by atoms with Crippen molar-refractivity contribution in [3.05, 3.63) is 95.3 Å². The molecule has 0 saturated heterocycles. The lowest BCUT2D eigenvalue weighted by Crippen LogP contribution is -2.31. The molecule has 160 valence electrons. The molecule has 0 saturated carbocycles. The fourth-order valence-electron chi connectivity index (χ4n) is 3.88. The number of aryl methyl sites for hydroxylation is 1. The quantitative estimate of drug-likeness (QED) is 0.458. The van der Waals surface area contributed by atoms with Gasteiger partial charge in [-0.1, -0.05) is 42.5 Å². The van der Waals surface area contributed by atoms with E-state index in [1.165, 1.54) is 18.2 Å². The topological polar surface area (TPSA) is 110 Å². The zero-order chi connectivity index (χ0) is 22.5. The van der Waals surface area contributed by atoms with E-state index in [4.69, 9.17) is 0 Å². The van der Waals surface area contributed by atoms with Gasteiger partial charge < -0.3 is 4.57 Å². The standard InChI is InChI=1S/C23H18N4O4S/c1-27-19-10-6-5-9-18(19)24-21(27)20(14-7-3-2-4-8-14)26-32(30,31)15-11-12-16-17(13-15)23(29)25-22(16)28/h2-13,20,26H,1H3,(H,25,28,29). The van der Waals surface area contributed by atoms with E-state index in [0.717, 1.165) is 11.0 Å². The van der Waals surface area contributed by atoms with Crippen molar-refractivity contribution in [3.8, 4) is 0 Å². The van der Waals surface area contributed by atoms with Crippen molar-refractivity contribution in [3.63, 3.8) is 0 Å². The Balaban J connectivity index is 1.60. The minimum absolute atomic E-state index is 0.0388. The molecule has 2 amide bonds. The lowest BCUT2D eigenvalue weighted by molar-refractivity contribution is 0.0879. The molecule has 5 rings (SSSR count). The number of hydrogen-bond acceptors (Lipinski definition) is 5. The first-order chi connectivity index (χ1) is 15.3. The number of amides is 2. The summed E-state index contributed by atoms with van der Waals surface area (Å²) in [6.07, 6.45) is 0. The maximum atomic E-state index is 13.3. The van der Waals surface area contributed by atoms with Gasteiger partial charge in [-0.25, -0.2) is 13.4 Å². The lowest BCUT2D eigenvalue weighted by atomic mass is 10.1. The minimum atomic E-state index is -4.07. The van der Waals surface area contributed by atoms with E-state index in [9.17, 15) is 18.0 Å². The van der Waals surface area contributed by atoms with Gasteiger partial charge in [-0.15, -0.1) is 0 Å². The lowest BCUT2D eigenvalue weighted by Gasteiger charge is -2.19. The molecule has 4 aromatic rings. The fourth-order valence-corrected chi connectivity index (χ4v) is 5.08. The number of imidazole rings is 1. The summed E-state index contributed by atoms with van der Waals surface area (Å²) in [5, 5.41) is 2.17. The van der Waals surface area contributed by atoms with Crippen LogP contribution in [0.15, 0.2) is 77.7 Å². The zero-order valence-electron chi connectivity index (χ0n) is 16.9. The second-order valence-electron chi connectivity index (χ2n) is 7.47. The first-order valence-corrected chi connectivity index (χ1v) is 11.3. The van der Waals surface area contributed by atoms with Crippen LogP contribution in [0.2, 0.25) is 0 Å². The Bertz CT molecular complexity index is 1490. The van der Waals surface area contributed by atoms with Crippen molar-refractivity contribution in [1.29, 1.82) is 0 Å². The first-order valence-electron chi connectivity index (χ1n) is 9.83. The number of carbonyl (C=O) groups excluding carboxylic acids is 2. The maximum absolute atomic E-state index is 13.3. The highest BCUT2D eigenvalue weighted by molar-refractivity contribution is 7.89. The number of benzene rings is 3. The van der Waals surface area contributed by atoms with Gasteiger partial charge in [0.25, 0.3) is 11.8 Å². The summed E-state index contributed by atoms with van der Waals surface area (Å²) in [6.45, 7) is 0. The van der Waals surface area contributed by atoms with Gasteiger partial charge in [0, 0.05) is 7.05 Å². The monoisotopic (exact) mass is 446 g/mol. The van der Waals surface area contributed by atoms with Gasteiger partial charge >= 0.3 is 0 Å². The highest BCUT2D eigenvalue weighted by Crippen LogP contribution is 2.28. The number of nitrogens with one attached hydrogen (secondary N) is 2. The molecule has 1 aliphatic heterocycles. The van der Waals surface area contributed by atoms with E-state index in [1.54, 1.807) is 0 Å². The predicted molar refractivity (Wildman–Crippen MR) is 118 cm³/mol. The van der Waals surface area contributed by atoms with Crippen LogP contribution in [0.3, 0.4) is 0 Å². The van der Waals surface area contributed by atoms with Crippen LogP contribution >= 0.6 is 0 Å².